The third kappa shape index (κ3) is 2.22. The minimum Gasteiger partial charge on any atom is -0.506 e. The number of phenolic OH excluding ortho intramolecular Hbond substituents is 1. The largest absolute Gasteiger partial charge is 0.506 e. The molecule has 1 aromatic heterocycles. The molecule has 0 atom stereocenters. The van der Waals surface area contributed by atoms with Gasteiger partial charge in [-0.3, -0.25) is 4.79 Å². The summed E-state index contributed by atoms with van der Waals surface area (Å²) in [5.41, 5.74) is 1.41. The number of nitrogens with one attached hydrogen (secondary N) is 1. The van der Waals surface area contributed by atoms with Crippen LogP contribution in [0.1, 0.15) is 5.56 Å². The van der Waals surface area contributed by atoms with Crippen LogP contribution in [0.3, 0.4) is 0 Å². The van der Waals surface area contributed by atoms with E-state index >= 15 is 0 Å². The highest BCUT2D eigenvalue weighted by molar-refractivity contribution is 6.33. The van der Waals surface area contributed by atoms with Crippen molar-refractivity contribution in [3.63, 3.8) is 0 Å². The Hall–Kier alpha value is -2.84. The maximum absolute atomic E-state index is 11.8. The molecule has 102 valence electrons. The van der Waals surface area contributed by atoms with Crippen LogP contribution in [0, 0.1) is 11.3 Å². The van der Waals surface area contributed by atoms with E-state index in [9.17, 15) is 9.90 Å². The van der Waals surface area contributed by atoms with Crippen molar-refractivity contribution in [2.75, 3.05) is 0 Å². The lowest BCUT2D eigenvalue weighted by atomic mass is 10.0. The average molecular weight is 298 g/mol. The number of fused-ring (bicyclic) bond motifs is 1. The second-order valence-corrected chi connectivity index (χ2v) is 4.84. The van der Waals surface area contributed by atoms with E-state index in [1.54, 1.807) is 24.3 Å². The van der Waals surface area contributed by atoms with E-state index in [-0.39, 0.29) is 22.2 Å². The number of hydrogen-bond donors (Lipinski definition) is 2. The van der Waals surface area contributed by atoms with E-state index in [1.807, 2.05) is 6.07 Å². The Kier molecular flexibility index (Phi) is 3.09. The van der Waals surface area contributed by atoms with Crippen LogP contribution in [0.2, 0.25) is 5.02 Å². The van der Waals surface area contributed by atoms with Gasteiger partial charge in [0.05, 0.1) is 23.3 Å². The summed E-state index contributed by atoms with van der Waals surface area (Å²) < 4.78 is 0. The van der Waals surface area contributed by atoms with Crippen LogP contribution >= 0.6 is 11.6 Å². The van der Waals surface area contributed by atoms with Crippen molar-refractivity contribution in [2.24, 2.45) is 0 Å². The summed E-state index contributed by atoms with van der Waals surface area (Å²) in [6.45, 7) is 0. The molecule has 0 aliphatic carbocycles. The zero-order valence-corrected chi connectivity index (χ0v) is 11.3. The van der Waals surface area contributed by atoms with Gasteiger partial charge in [-0.1, -0.05) is 11.6 Å². The number of hydrogen-bond acceptors (Lipinski definition) is 4. The molecule has 0 aliphatic rings. The van der Waals surface area contributed by atoms with Crippen molar-refractivity contribution in [3.05, 3.63) is 57.6 Å². The topological polar surface area (TPSA) is 89.8 Å². The van der Waals surface area contributed by atoms with E-state index in [2.05, 4.69) is 9.97 Å². The predicted molar refractivity (Wildman–Crippen MR) is 79.2 cm³/mol. The molecular formula is C15H8ClN3O2. The highest BCUT2D eigenvalue weighted by Gasteiger charge is 2.11. The van der Waals surface area contributed by atoms with E-state index in [1.165, 1.54) is 12.4 Å². The summed E-state index contributed by atoms with van der Waals surface area (Å²) in [5, 5.41) is 19.7. The molecular weight excluding hydrogens is 290 g/mol. The van der Waals surface area contributed by atoms with Crippen molar-refractivity contribution < 1.29 is 5.11 Å². The monoisotopic (exact) mass is 297 g/mol. The molecule has 2 N–H and O–H groups in total. The fourth-order valence-corrected chi connectivity index (χ4v) is 2.36. The summed E-state index contributed by atoms with van der Waals surface area (Å²) >= 11 is 6.14. The second kappa shape index (κ2) is 4.93. The fourth-order valence-electron chi connectivity index (χ4n) is 2.13. The highest BCUT2D eigenvalue weighted by Crippen LogP contribution is 2.33. The lowest BCUT2D eigenvalue weighted by molar-refractivity contribution is 0.480. The van der Waals surface area contributed by atoms with Gasteiger partial charge in [0.2, 0.25) is 0 Å². The first-order valence-corrected chi connectivity index (χ1v) is 6.38. The Bertz CT molecular complexity index is 957. The van der Waals surface area contributed by atoms with Crippen LogP contribution in [-0.4, -0.2) is 15.1 Å². The number of benzene rings is 2. The van der Waals surface area contributed by atoms with Crippen LogP contribution in [0.25, 0.3) is 22.0 Å². The van der Waals surface area contributed by atoms with Crippen LogP contribution in [0.5, 0.6) is 5.75 Å². The number of halogens is 1. The van der Waals surface area contributed by atoms with Crippen LogP contribution in [0.4, 0.5) is 0 Å². The van der Waals surface area contributed by atoms with Crippen molar-refractivity contribution in [1.82, 2.24) is 9.97 Å². The van der Waals surface area contributed by atoms with Gasteiger partial charge in [-0.2, -0.15) is 5.26 Å². The highest BCUT2D eigenvalue weighted by atomic mass is 35.5. The number of H-pyrrole nitrogens is 1. The van der Waals surface area contributed by atoms with E-state index in [0.717, 1.165) is 0 Å². The molecule has 0 fully saturated rings. The van der Waals surface area contributed by atoms with Gasteiger partial charge in [0, 0.05) is 10.6 Å². The van der Waals surface area contributed by atoms with Gasteiger partial charge in [-0.05, 0) is 35.9 Å². The van der Waals surface area contributed by atoms with E-state index in [4.69, 9.17) is 16.9 Å². The summed E-state index contributed by atoms with van der Waals surface area (Å²) in [6.07, 6.45) is 1.23. The van der Waals surface area contributed by atoms with E-state index < -0.39 is 0 Å². The SMILES string of the molecule is N#Cc1ccc(Cl)c(-c2cc(O)c3nc[nH]c(=O)c3c2)c1. The number of nitrogens with zero attached hydrogens (tertiary/aromatic N) is 2. The molecule has 2 aromatic carbocycles. The lowest BCUT2D eigenvalue weighted by Crippen LogP contribution is -2.06. The van der Waals surface area contributed by atoms with Crippen molar-refractivity contribution in [2.45, 2.75) is 0 Å². The molecule has 6 heteroatoms. The molecule has 0 radical (unpaired) electrons. The maximum Gasteiger partial charge on any atom is 0.258 e. The van der Waals surface area contributed by atoms with Gasteiger partial charge in [0.25, 0.3) is 5.56 Å². The van der Waals surface area contributed by atoms with Crippen LogP contribution < -0.4 is 5.56 Å². The summed E-state index contributed by atoms with van der Waals surface area (Å²) in [6, 6.07) is 9.89. The van der Waals surface area contributed by atoms with Crippen LogP contribution in [-0.2, 0) is 0 Å². The number of nitriles is 1. The Morgan fingerprint density at radius 2 is 2.10 bits per heavy atom. The van der Waals surface area contributed by atoms with Gasteiger partial charge in [-0.15, -0.1) is 0 Å². The van der Waals surface area contributed by atoms with Gasteiger partial charge in [-0.25, -0.2) is 4.98 Å². The number of aromatic hydroxyl groups is 1. The first-order chi connectivity index (χ1) is 10.1. The molecule has 0 saturated carbocycles. The summed E-state index contributed by atoms with van der Waals surface area (Å²) in [5.74, 6) is -0.118. The van der Waals surface area contributed by atoms with Crippen LogP contribution in [0.15, 0.2) is 41.5 Å². The molecule has 0 spiro atoms. The number of aromatic amines is 1. The first kappa shape index (κ1) is 13.2. The molecule has 0 unspecified atom stereocenters. The van der Waals surface area contributed by atoms with Gasteiger partial charge in [0.1, 0.15) is 11.3 Å². The number of aromatic nitrogens is 2. The van der Waals surface area contributed by atoms with E-state index in [0.29, 0.717) is 21.7 Å². The molecule has 0 amide bonds. The van der Waals surface area contributed by atoms with Crippen molar-refractivity contribution in [1.29, 1.82) is 5.26 Å². The molecule has 5 nitrogen and oxygen atoms in total. The van der Waals surface area contributed by atoms with Crippen molar-refractivity contribution >= 4 is 22.5 Å². The van der Waals surface area contributed by atoms with Gasteiger partial charge in [0.15, 0.2) is 0 Å². The first-order valence-electron chi connectivity index (χ1n) is 6.00. The molecule has 3 rings (SSSR count). The molecule has 0 aliphatic heterocycles. The standard InChI is InChI=1S/C15H8ClN3O2/c16-12-2-1-8(6-17)3-10(12)9-4-11-14(13(20)5-9)18-7-19-15(11)21/h1-5,7,20H,(H,18,19,21). The molecule has 3 aromatic rings. The third-order valence-corrected chi connectivity index (χ3v) is 3.46. The Morgan fingerprint density at radius 1 is 1.29 bits per heavy atom. The molecule has 0 saturated heterocycles. The van der Waals surface area contributed by atoms with Gasteiger partial charge >= 0.3 is 0 Å². The predicted octanol–water partition coefficient (Wildman–Crippen LogP) is 2.82. The molecule has 0 bridgehead atoms. The summed E-state index contributed by atoms with van der Waals surface area (Å²) in [4.78, 5) is 18.2. The van der Waals surface area contributed by atoms with Crippen molar-refractivity contribution in [3.8, 4) is 22.9 Å². The van der Waals surface area contributed by atoms with Gasteiger partial charge < -0.3 is 10.1 Å². The lowest BCUT2D eigenvalue weighted by Gasteiger charge is -2.07. The smallest absolute Gasteiger partial charge is 0.258 e. The minimum absolute atomic E-state index is 0.118. The zero-order chi connectivity index (χ0) is 15.0. The zero-order valence-electron chi connectivity index (χ0n) is 10.6. The minimum atomic E-state index is -0.357. The third-order valence-electron chi connectivity index (χ3n) is 3.13. The average Bonchev–Trinajstić information content (AvgIpc) is 2.49. The number of phenols is 1. The Labute approximate surface area is 124 Å². The number of rotatable bonds is 1. The normalized spacial score (nSPS) is 10.5. The summed E-state index contributed by atoms with van der Waals surface area (Å²) in [7, 11) is 0. The maximum atomic E-state index is 11.8. The second-order valence-electron chi connectivity index (χ2n) is 4.43. The quantitative estimate of drug-likeness (QED) is 0.722. The fraction of sp³-hybridized carbons (Fsp3) is 0. The molecule has 21 heavy (non-hydrogen) atoms. The Morgan fingerprint density at radius 3 is 2.86 bits per heavy atom. The molecule has 1 heterocycles. The Balaban J connectivity index is 2.34.